The molecule has 170 valence electrons. The molecule has 0 saturated heterocycles. The molecule has 2 atom stereocenters. The molecule has 4 rings (SSSR count). The number of hydrogen-bond acceptors (Lipinski definition) is 5. The molecule has 0 unspecified atom stereocenters. The number of nitrogens with zero attached hydrogens (tertiary/aromatic N) is 3. The van der Waals surface area contributed by atoms with Crippen molar-refractivity contribution in [1.82, 2.24) is 14.8 Å². The van der Waals surface area contributed by atoms with Gasteiger partial charge >= 0.3 is 0 Å². The molecule has 3 heterocycles. The lowest BCUT2D eigenvalue weighted by Crippen LogP contribution is -2.19. The van der Waals surface area contributed by atoms with Crippen LogP contribution in [0.4, 0.5) is 5.82 Å². The molecule has 1 aromatic carbocycles. The summed E-state index contributed by atoms with van der Waals surface area (Å²) in [6.45, 7) is 11.1. The Labute approximate surface area is 195 Å². The Morgan fingerprint density at radius 1 is 1.25 bits per heavy atom. The molecule has 0 fully saturated rings. The van der Waals surface area contributed by atoms with Gasteiger partial charge in [0.25, 0.3) is 0 Å². The third-order valence-electron chi connectivity index (χ3n) is 6.00. The second kappa shape index (κ2) is 9.28. The van der Waals surface area contributed by atoms with Crippen molar-refractivity contribution in [2.24, 2.45) is 0 Å². The Balaban J connectivity index is 1.79. The highest BCUT2D eigenvalue weighted by Gasteiger charge is 2.32. The molecule has 32 heavy (non-hydrogen) atoms. The zero-order valence-corrected chi connectivity index (χ0v) is 20.5. The van der Waals surface area contributed by atoms with Crippen LogP contribution in [0.3, 0.4) is 0 Å². The number of benzene rings is 1. The van der Waals surface area contributed by atoms with Gasteiger partial charge in [-0.2, -0.15) is 5.10 Å². The SMILES string of the molecule is CCn1nc(-c2ccccn2)c2c1N[C@@H](C)CS[C@H]2c1ccc(CCC(C)(C)O)cc1C. The maximum absolute atomic E-state index is 10.1. The Kier molecular flexibility index (Phi) is 6.63. The number of thioether (sulfide) groups is 1. The molecule has 0 bridgehead atoms. The first-order valence-corrected chi connectivity index (χ1v) is 12.5. The van der Waals surface area contributed by atoms with Crippen LogP contribution in [0.25, 0.3) is 11.4 Å². The van der Waals surface area contributed by atoms with Crippen molar-refractivity contribution in [3.63, 3.8) is 0 Å². The first kappa shape index (κ1) is 22.9. The van der Waals surface area contributed by atoms with E-state index in [1.54, 1.807) is 0 Å². The zero-order valence-electron chi connectivity index (χ0n) is 19.7. The molecule has 0 saturated carbocycles. The number of rotatable bonds is 6. The van der Waals surface area contributed by atoms with Crippen LogP contribution in [-0.4, -0.2) is 37.3 Å². The average molecular weight is 451 g/mol. The molecular weight excluding hydrogens is 416 g/mol. The molecule has 2 aromatic heterocycles. The standard InChI is InChI=1S/C26H34N4OS/c1-6-30-25-22(23(29-30)21-9-7-8-14-27-21)24(32-16-18(3)28-25)20-11-10-19(15-17(20)2)12-13-26(4,5)31/h7-11,14-15,18,24,28,31H,6,12-13,16H2,1-5H3/t18-,24-/m0/s1. The van der Waals surface area contributed by atoms with Gasteiger partial charge in [0.15, 0.2) is 0 Å². The van der Waals surface area contributed by atoms with Crippen molar-refractivity contribution in [1.29, 1.82) is 0 Å². The van der Waals surface area contributed by atoms with E-state index in [1.165, 1.54) is 22.3 Å². The van der Waals surface area contributed by atoms with Crippen molar-refractivity contribution in [3.8, 4) is 11.4 Å². The lowest BCUT2D eigenvalue weighted by Gasteiger charge is -2.20. The van der Waals surface area contributed by atoms with Gasteiger partial charge in [-0.05, 0) is 76.3 Å². The number of hydrogen-bond donors (Lipinski definition) is 2. The highest BCUT2D eigenvalue weighted by molar-refractivity contribution is 7.99. The summed E-state index contributed by atoms with van der Waals surface area (Å²) in [4.78, 5) is 4.63. The topological polar surface area (TPSA) is 63.0 Å². The van der Waals surface area contributed by atoms with E-state index in [1.807, 2.05) is 50.0 Å². The van der Waals surface area contributed by atoms with Crippen LogP contribution in [0.2, 0.25) is 0 Å². The minimum absolute atomic E-state index is 0.183. The molecule has 0 spiro atoms. The van der Waals surface area contributed by atoms with Crippen LogP contribution in [0.15, 0.2) is 42.6 Å². The molecule has 5 nitrogen and oxygen atoms in total. The summed E-state index contributed by atoms with van der Waals surface area (Å²) in [7, 11) is 0. The van der Waals surface area contributed by atoms with Gasteiger partial charge in [-0.3, -0.25) is 4.98 Å². The van der Waals surface area contributed by atoms with Gasteiger partial charge in [0.05, 0.1) is 16.5 Å². The molecular formula is C26H34N4OS. The van der Waals surface area contributed by atoms with E-state index >= 15 is 0 Å². The quantitative estimate of drug-likeness (QED) is 0.511. The molecule has 0 radical (unpaired) electrons. The Hall–Kier alpha value is -2.31. The molecule has 1 aliphatic heterocycles. The summed E-state index contributed by atoms with van der Waals surface area (Å²) in [5, 5.41) is 19.0. The number of nitrogens with one attached hydrogen (secondary N) is 1. The predicted molar refractivity (Wildman–Crippen MR) is 134 cm³/mol. The van der Waals surface area contributed by atoms with E-state index < -0.39 is 5.60 Å². The van der Waals surface area contributed by atoms with Gasteiger partial charge in [0.2, 0.25) is 0 Å². The highest BCUT2D eigenvalue weighted by atomic mass is 32.2. The molecule has 6 heteroatoms. The third kappa shape index (κ3) is 4.86. The van der Waals surface area contributed by atoms with E-state index in [9.17, 15) is 5.11 Å². The van der Waals surface area contributed by atoms with Crippen LogP contribution in [-0.2, 0) is 13.0 Å². The van der Waals surface area contributed by atoms with Crippen molar-refractivity contribution < 1.29 is 5.11 Å². The van der Waals surface area contributed by atoms with Crippen LogP contribution < -0.4 is 5.32 Å². The van der Waals surface area contributed by atoms with Crippen molar-refractivity contribution in [3.05, 3.63) is 64.8 Å². The fourth-order valence-electron chi connectivity index (χ4n) is 4.28. The summed E-state index contributed by atoms with van der Waals surface area (Å²) in [5.41, 5.74) is 6.34. The fourth-order valence-corrected chi connectivity index (χ4v) is 5.68. The number of aromatic nitrogens is 3. The normalized spacial score (nSPS) is 18.7. The number of fused-ring (bicyclic) bond motifs is 1. The summed E-state index contributed by atoms with van der Waals surface area (Å²) >= 11 is 1.97. The minimum Gasteiger partial charge on any atom is -0.390 e. The van der Waals surface area contributed by atoms with Crippen molar-refractivity contribution in [2.75, 3.05) is 11.1 Å². The lowest BCUT2D eigenvalue weighted by molar-refractivity contribution is 0.0714. The second-order valence-corrected chi connectivity index (χ2v) is 10.5. The minimum atomic E-state index is -0.646. The Bertz CT molecular complexity index is 1070. The average Bonchev–Trinajstić information content (AvgIpc) is 3.02. The fraction of sp³-hybridized carbons (Fsp3) is 0.462. The monoisotopic (exact) mass is 450 g/mol. The maximum Gasteiger partial charge on any atom is 0.129 e. The van der Waals surface area contributed by atoms with Gasteiger partial charge in [0.1, 0.15) is 11.5 Å². The summed E-state index contributed by atoms with van der Waals surface area (Å²) in [6, 6.07) is 13.2. The van der Waals surface area contributed by atoms with Crippen molar-refractivity contribution in [2.45, 2.75) is 70.9 Å². The largest absolute Gasteiger partial charge is 0.390 e. The number of anilines is 1. The Morgan fingerprint density at radius 3 is 2.72 bits per heavy atom. The zero-order chi connectivity index (χ0) is 22.9. The summed E-state index contributed by atoms with van der Waals surface area (Å²) in [6.07, 6.45) is 3.46. The van der Waals surface area contributed by atoms with Crippen LogP contribution in [0.1, 0.15) is 61.6 Å². The highest BCUT2D eigenvalue weighted by Crippen LogP contribution is 2.47. The predicted octanol–water partition coefficient (Wildman–Crippen LogP) is 5.61. The summed E-state index contributed by atoms with van der Waals surface area (Å²) in [5.74, 6) is 2.13. The van der Waals surface area contributed by atoms with E-state index in [2.05, 4.69) is 54.0 Å². The van der Waals surface area contributed by atoms with Gasteiger partial charge in [-0.15, -0.1) is 11.8 Å². The van der Waals surface area contributed by atoms with Crippen molar-refractivity contribution >= 4 is 17.6 Å². The van der Waals surface area contributed by atoms with Crippen LogP contribution in [0, 0.1) is 6.92 Å². The lowest BCUT2D eigenvalue weighted by atomic mass is 9.93. The second-order valence-electron chi connectivity index (χ2n) is 9.40. The van der Waals surface area contributed by atoms with E-state index in [0.29, 0.717) is 6.04 Å². The van der Waals surface area contributed by atoms with Gasteiger partial charge in [0, 0.05) is 30.1 Å². The molecule has 0 aliphatic carbocycles. The maximum atomic E-state index is 10.1. The third-order valence-corrected chi connectivity index (χ3v) is 7.51. The first-order chi connectivity index (χ1) is 15.3. The number of aryl methyl sites for hydroxylation is 3. The Morgan fingerprint density at radius 2 is 2.06 bits per heavy atom. The van der Waals surface area contributed by atoms with Gasteiger partial charge < -0.3 is 10.4 Å². The van der Waals surface area contributed by atoms with Gasteiger partial charge in [-0.25, -0.2) is 4.68 Å². The van der Waals surface area contributed by atoms with E-state index in [0.717, 1.165) is 42.3 Å². The van der Waals surface area contributed by atoms with Crippen LogP contribution in [0.5, 0.6) is 0 Å². The smallest absolute Gasteiger partial charge is 0.129 e. The van der Waals surface area contributed by atoms with Crippen LogP contribution >= 0.6 is 11.8 Å². The molecule has 1 aliphatic rings. The molecule has 3 aromatic rings. The molecule has 2 N–H and O–H groups in total. The number of pyridine rings is 1. The van der Waals surface area contributed by atoms with E-state index in [4.69, 9.17) is 5.10 Å². The first-order valence-electron chi connectivity index (χ1n) is 11.5. The molecule has 0 amide bonds. The number of aliphatic hydroxyl groups is 1. The van der Waals surface area contributed by atoms with E-state index in [-0.39, 0.29) is 5.25 Å². The van der Waals surface area contributed by atoms with Gasteiger partial charge in [-0.1, -0.05) is 24.3 Å². The summed E-state index contributed by atoms with van der Waals surface area (Å²) < 4.78 is 2.09.